The van der Waals surface area contributed by atoms with Crippen LogP contribution in [0.1, 0.15) is 16.7 Å². The van der Waals surface area contributed by atoms with Gasteiger partial charge in [-0.2, -0.15) is 0 Å². The quantitative estimate of drug-likeness (QED) is 0.675. The fraction of sp³-hybridized carbons (Fsp3) is 0.0588. The van der Waals surface area contributed by atoms with Crippen molar-refractivity contribution in [3.8, 4) is 0 Å². The first kappa shape index (κ1) is 13.0. The molecule has 0 amide bonds. The van der Waals surface area contributed by atoms with Crippen molar-refractivity contribution in [1.82, 2.24) is 9.55 Å². The molecule has 1 heterocycles. The van der Waals surface area contributed by atoms with Gasteiger partial charge in [0.05, 0.1) is 0 Å². The first-order chi connectivity index (χ1) is 9.84. The number of hydrogen-bond acceptors (Lipinski definition) is 1. The van der Waals surface area contributed by atoms with Gasteiger partial charge in [0.2, 0.25) is 0 Å². The number of imidazole rings is 1. The molecule has 0 saturated heterocycles. The predicted octanol–water partition coefficient (Wildman–Crippen LogP) is 2.67. The van der Waals surface area contributed by atoms with Crippen molar-refractivity contribution in [2.75, 3.05) is 0 Å². The summed E-state index contributed by atoms with van der Waals surface area (Å²) in [7, 11) is 0. The normalized spacial score (nSPS) is 10.4. The predicted molar refractivity (Wildman–Crippen MR) is 83.2 cm³/mol. The second-order valence-electron chi connectivity index (χ2n) is 4.59. The molecule has 0 aliphatic heterocycles. The second-order valence-corrected chi connectivity index (χ2v) is 5.41. The van der Waals surface area contributed by atoms with Crippen LogP contribution in [0.3, 0.4) is 0 Å². The molecule has 1 aromatic heterocycles. The summed E-state index contributed by atoms with van der Waals surface area (Å²) in [5.74, 6) is 0. The first-order valence-corrected chi connectivity index (χ1v) is 7.35. The van der Waals surface area contributed by atoms with Gasteiger partial charge in [-0.3, -0.25) is 0 Å². The molecule has 2 aromatic carbocycles. The van der Waals surface area contributed by atoms with Crippen molar-refractivity contribution in [2.24, 2.45) is 0 Å². The third-order valence-corrected chi connectivity index (χ3v) is 4.13. The standard InChI is InChI=1S/C17H14N2Se/c20-17(19-11-10-18-13-19)16-9-5-4-8-15(16)12-14-6-2-1-3-7-14/h1-11,13H,12H2. The van der Waals surface area contributed by atoms with Crippen molar-refractivity contribution in [2.45, 2.75) is 6.42 Å². The average molecular weight is 325 g/mol. The van der Waals surface area contributed by atoms with Gasteiger partial charge in [0.25, 0.3) is 0 Å². The third-order valence-electron chi connectivity index (χ3n) is 3.22. The van der Waals surface area contributed by atoms with Crippen molar-refractivity contribution in [3.05, 3.63) is 90.0 Å². The van der Waals surface area contributed by atoms with Gasteiger partial charge in [-0.15, -0.1) is 0 Å². The van der Waals surface area contributed by atoms with E-state index in [9.17, 15) is 0 Å². The van der Waals surface area contributed by atoms with Crippen molar-refractivity contribution in [3.63, 3.8) is 0 Å². The molecule has 0 atom stereocenters. The molecular formula is C17H14N2Se. The van der Waals surface area contributed by atoms with Crippen LogP contribution in [-0.2, 0) is 6.42 Å². The van der Waals surface area contributed by atoms with Gasteiger partial charge >= 0.3 is 126 Å². The maximum absolute atomic E-state index is 4.10. The van der Waals surface area contributed by atoms with Crippen LogP contribution in [0.4, 0.5) is 0 Å². The first-order valence-electron chi connectivity index (χ1n) is 6.49. The van der Waals surface area contributed by atoms with E-state index in [1.54, 1.807) is 6.20 Å². The van der Waals surface area contributed by atoms with Crippen molar-refractivity contribution in [1.29, 1.82) is 0 Å². The summed E-state index contributed by atoms with van der Waals surface area (Å²) in [6, 6.07) is 19.0. The van der Waals surface area contributed by atoms with Gasteiger partial charge in [-0.05, 0) is 0 Å². The Morgan fingerprint density at radius 2 is 1.75 bits per heavy atom. The molecule has 0 N–H and O–H groups in total. The van der Waals surface area contributed by atoms with Crippen LogP contribution in [0.15, 0.2) is 73.3 Å². The Morgan fingerprint density at radius 1 is 1.00 bits per heavy atom. The minimum absolute atomic E-state index is 0.927. The van der Waals surface area contributed by atoms with Crippen molar-refractivity contribution >= 4 is 20.1 Å². The molecule has 98 valence electrons. The average Bonchev–Trinajstić information content (AvgIpc) is 3.02. The Kier molecular flexibility index (Phi) is 3.91. The van der Waals surface area contributed by atoms with Crippen LogP contribution in [0, 0.1) is 0 Å². The van der Waals surface area contributed by atoms with Gasteiger partial charge in [0, 0.05) is 0 Å². The van der Waals surface area contributed by atoms with Gasteiger partial charge in [-0.1, -0.05) is 0 Å². The van der Waals surface area contributed by atoms with Gasteiger partial charge < -0.3 is 0 Å². The van der Waals surface area contributed by atoms with E-state index in [2.05, 4.69) is 69.1 Å². The van der Waals surface area contributed by atoms with Crippen LogP contribution in [-0.4, -0.2) is 29.7 Å². The van der Waals surface area contributed by atoms with E-state index in [1.165, 1.54) is 16.7 Å². The molecule has 3 aromatic rings. The molecular weight excluding hydrogens is 311 g/mol. The zero-order valence-corrected chi connectivity index (χ0v) is 12.7. The SMILES string of the molecule is [Se]=C(c1ccccc1Cc1ccccc1)n1ccnc1. The molecule has 3 rings (SSSR count). The van der Waals surface area contributed by atoms with Crippen LogP contribution in [0.2, 0.25) is 0 Å². The van der Waals surface area contributed by atoms with E-state index < -0.39 is 0 Å². The Bertz CT molecular complexity index is 703. The molecule has 20 heavy (non-hydrogen) atoms. The molecule has 0 bridgehead atoms. The fourth-order valence-electron chi connectivity index (χ4n) is 2.22. The van der Waals surface area contributed by atoms with Gasteiger partial charge in [-0.25, -0.2) is 0 Å². The zero-order valence-electron chi connectivity index (χ0n) is 10.9. The monoisotopic (exact) mass is 326 g/mol. The topological polar surface area (TPSA) is 17.8 Å². The Balaban J connectivity index is 1.95. The van der Waals surface area contributed by atoms with E-state index in [4.69, 9.17) is 0 Å². The Morgan fingerprint density at radius 3 is 2.50 bits per heavy atom. The molecule has 0 spiro atoms. The number of benzene rings is 2. The molecule has 0 unspecified atom stereocenters. The van der Waals surface area contributed by atoms with Crippen LogP contribution >= 0.6 is 0 Å². The van der Waals surface area contributed by atoms with E-state index in [1.807, 2.05) is 23.2 Å². The molecule has 2 nitrogen and oxygen atoms in total. The van der Waals surface area contributed by atoms with Crippen LogP contribution in [0.5, 0.6) is 0 Å². The van der Waals surface area contributed by atoms with Crippen LogP contribution in [0.25, 0.3) is 0 Å². The Labute approximate surface area is 126 Å². The number of aromatic nitrogens is 2. The van der Waals surface area contributed by atoms with E-state index >= 15 is 0 Å². The second kappa shape index (κ2) is 6.00. The summed E-state index contributed by atoms with van der Waals surface area (Å²) >= 11 is 3.16. The van der Waals surface area contributed by atoms with Crippen molar-refractivity contribution < 1.29 is 0 Å². The molecule has 0 aliphatic rings. The van der Waals surface area contributed by atoms with Gasteiger partial charge in [0.1, 0.15) is 0 Å². The van der Waals surface area contributed by atoms with Crippen LogP contribution < -0.4 is 0 Å². The summed E-state index contributed by atoms with van der Waals surface area (Å²) in [6.45, 7) is 0. The number of rotatable bonds is 4. The third kappa shape index (κ3) is 2.79. The Hall–Kier alpha value is -1.96. The fourth-order valence-corrected chi connectivity index (χ4v) is 2.86. The summed E-state index contributed by atoms with van der Waals surface area (Å²) in [4.78, 5) is 4.10. The number of nitrogens with zero attached hydrogens (tertiary/aromatic N) is 2. The van der Waals surface area contributed by atoms with E-state index in [0.717, 1.165) is 11.0 Å². The molecule has 0 aliphatic carbocycles. The number of hydrogen-bond donors (Lipinski definition) is 0. The van der Waals surface area contributed by atoms with E-state index in [0.29, 0.717) is 0 Å². The van der Waals surface area contributed by atoms with Gasteiger partial charge in [0.15, 0.2) is 0 Å². The molecule has 3 heteroatoms. The molecule has 0 radical (unpaired) electrons. The maximum atomic E-state index is 4.10. The summed E-state index contributed by atoms with van der Waals surface area (Å²) in [5.41, 5.74) is 3.84. The van der Waals surface area contributed by atoms with E-state index in [-0.39, 0.29) is 0 Å². The summed E-state index contributed by atoms with van der Waals surface area (Å²) < 4.78 is 3.08. The summed E-state index contributed by atoms with van der Waals surface area (Å²) in [6.07, 6.45) is 6.48. The minimum atomic E-state index is 0.927. The molecule has 0 saturated carbocycles. The zero-order chi connectivity index (χ0) is 13.8. The summed E-state index contributed by atoms with van der Waals surface area (Å²) in [5, 5.41) is 0. The molecule has 0 fully saturated rings.